The second-order valence-electron chi connectivity index (χ2n) is 3.82. The summed E-state index contributed by atoms with van der Waals surface area (Å²) in [6.07, 6.45) is 0. The minimum Gasteiger partial charge on any atom is -0.508 e. The Morgan fingerprint density at radius 3 is 1.71 bits per heavy atom. The zero-order valence-electron chi connectivity index (χ0n) is 10.5. The van der Waals surface area contributed by atoms with E-state index < -0.39 is 11.9 Å². The van der Waals surface area contributed by atoms with Crippen LogP contribution in [0.15, 0.2) is 42.5 Å². The molecule has 0 unspecified atom stereocenters. The van der Waals surface area contributed by atoms with Crippen LogP contribution in [-0.4, -0.2) is 32.4 Å². The highest BCUT2D eigenvalue weighted by Crippen LogP contribution is 2.19. The van der Waals surface area contributed by atoms with Crippen molar-refractivity contribution in [3.05, 3.63) is 57.2 Å². The lowest BCUT2D eigenvalue weighted by Gasteiger charge is -1.97. The predicted molar refractivity (Wildman–Crippen MR) is 82.8 cm³/mol. The maximum atomic E-state index is 10.4. The lowest BCUT2D eigenvalue weighted by Crippen LogP contribution is -1.95. The van der Waals surface area contributed by atoms with Gasteiger partial charge in [-0.15, -0.1) is 0 Å². The molecule has 0 spiro atoms. The van der Waals surface area contributed by atoms with Crippen LogP contribution in [0.5, 0.6) is 11.5 Å². The third-order valence-corrected chi connectivity index (χ3v) is 3.17. The molecule has 2 aromatic carbocycles. The lowest BCUT2D eigenvalue weighted by atomic mass is 10.2. The number of aromatic carboxylic acids is 2. The molecule has 4 N–H and O–H groups in total. The SMILES string of the molecule is O=C(O)c1ccc(O)c(I)c1.O=C(O)c1ccc(O)cc1. The summed E-state index contributed by atoms with van der Waals surface area (Å²) >= 11 is 1.87. The number of phenols is 2. The normalized spacial score (nSPS) is 9.38. The van der Waals surface area contributed by atoms with E-state index in [9.17, 15) is 9.59 Å². The van der Waals surface area contributed by atoms with Crippen molar-refractivity contribution in [2.45, 2.75) is 0 Å². The van der Waals surface area contributed by atoms with Crippen molar-refractivity contribution in [3.8, 4) is 11.5 Å². The fraction of sp³-hybridized carbons (Fsp3) is 0. The van der Waals surface area contributed by atoms with E-state index in [0.29, 0.717) is 3.57 Å². The van der Waals surface area contributed by atoms with Crippen molar-refractivity contribution in [2.24, 2.45) is 0 Å². The molecule has 21 heavy (non-hydrogen) atoms. The summed E-state index contributed by atoms with van der Waals surface area (Å²) < 4.78 is 0.544. The van der Waals surface area contributed by atoms with Crippen molar-refractivity contribution in [2.75, 3.05) is 0 Å². The molecule has 2 rings (SSSR count). The van der Waals surface area contributed by atoms with Gasteiger partial charge in [-0.1, -0.05) is 0 Å². The molecule has 0 fully saturated rings. The van der Waals surface area contributed by atoms with Gasteiger partial charge in [0.05, 0.1) is 14.7 Å². The first kappa shape index (κ1) is 16.8. The third kappa shape index (κ3) is 5.30. The molecule has 0 aliphatic carbocycles. The monoisotopic (exact) mass is 402 g/mol. The number of carboxylic acid groups (broad SMARTS) is 2. The molecule has 0 amide bonds. The summed E-state index contributed by atoms with van der Waals surface area (Å²) in [4.78, 5) is 20.6. The minimum atomic E-state index is -0.986. The largest absolute Gasteiger partial charge is 0.508 e. The zero-order chi connectivity index (χ0) is 16.0. The zero-order valence-corrected chi connectivity index (χ0v) is 12.7. The molecule has 2 aromatic rings. The van der Waals surface area contributed by atoms with Gasteiger partial charge in [-0.25, -0.2) is 9.59 Å². The van der Waals surface area contributed by atoms with Gasteiger partial charge in [-0.05, 0) is 65.1 Å². The van der Waals surface area contributed by atoms with Gasteiger partial charge in [0.1, 0.15) is 11.5 Å². The molecular formula is C14H11IO6. The highest BCUT2D eigenvalue weighted by atomic mass is 127. The molecule has 0 aliphatic heterocycles. The highest BCUT2D eigenvalue weighted by molar-refractivity contribution is 14.1. The summed E-state index contributed by atoms with van der Waals surface area (Å²) in [5, 5.41) is 34.7. The molecular weight excluding hydrogens is 391 g/mol. The van der Waals surface area contributed by atoms with Crippen molar-refractivity contribution in [1.82, 2.24) is 0 Å². The Balaban J connectivity index is 0.000000211. The van der Waals surface area contributed by atoms with Gasteiger partial charge in [0.2, 0.25) is 0 Å². The van der Waals surface area contributed by atoms with Gasteiger partial charge in [0.15, 0.2) is 0 Å². The first-order valence-corrected chi connectivity index (χ1v) is 6.63. The average molecular weight is 402 g/mol. The molecule has 7 heteroatoms. The standard InChI is InChI=1S/C7H5IO3.C7H6O3/c8-5-3-4(7(10)11)1-2-6(5)9;8-6-3-1-5(2-4-6)7(9)10/h1-3,9H,(H,10,11);1-4,8H,(H,9,10). The van der Waals surface area contributed by atoms with Crippen molar-refractivity contribution >= 4 is 34.5 Å². The molecule has 0 radical (unpaired) electrons. The molecule has 0 heterocycles. The molecule has 0 aliphatic rings. The summed E-state index contributed by atoms with van der Waals surface area (Å²) in [6.45, 7) is 0. The lowest BCUT2D eigenvalue weighted by molar-refractivity contribution is 0.0686. The second kappa shape index (κ2) is 7.48. The van der Waals surface area contributed by atoms with Crippen LogP contribution in [-0.2, 0) is 0 Å². The van der Waals surface area contributed by atoms with Crippen molar-refractivity contribution in [1.29, 1.82) is 0 Å². The number of halogens is 1. The van der Waals surface area contributed by atoms with Crippen molar-refractivity contribution in [3.63, 3.8) is 0 Å². The summed E-state index contributed by atoms with van der Waals surface area (Å²) in [5.74, 6) is -1.79. The molecule has 0 saturated heterocycles. The van der Waals surface area contributed by atoms with Crippen LogP contribution in [0.25, 0.3) is 0 Å². The predicted octanol–water partition coefficient (Wildman–Crippen LogP) is 2.79. The maximum Gasteiger partial charge on any atom is 0.335 e. The molecule has 0 saturated carbocycles. The van der Waals surface area contributed by atoms with Crippen LogP contribution in [0.2, 0.25) is 0 Å². The number of aromatic hydroxyl groups is 2. The summed E-state index contributed by atoms with van der Waals surface area (Å²) in [5.41, 5.74) is 0.366. The number of rotatable bonds is 2. The minimum absolute atomic E-state index is 0.0741. The first-order chi connectivity index (χ1) is 9.81. The quantitative estimate of drug-likeness (QED) is 0.575. The maximum absolute atomic E-state index is 10.4. The molecule has 0 atom stereocenters. The Morgan fingerprint density at radius 1 is 0.810 bits per heavy atom. The molecule has 0 bridgehead atoms. The Hall–Kier alpha value is -2.29. The number of carbonyl (C=O) groups is 2. The third-order valence-electron chi connectivity index (χ3n) is 2.31. The molecule has 0 aromatic heterocycles. The van der Waals surface area contributed by atoms with Crippen LogP contribution in [0.4, 0.5) is 0 Å². The van der Waals surface area contributed by atoms with Crippen LogP contribution < -0.4 is 0 Å². The van der Waals surface area contributed by atoms with E-state index in [2.05, 4.69) is 0 Å². The topological polar surface area (TPSA) is 115 Å². The number of benzene rings is 2. The Labute approximate surface area is 133 Å². The number of hydrogen-bond acceptors (Lipinski definition) is 4. The number of phenolic OH excluding ortho intramolecular Hbond substituents is 2. The fourth-order valence-corrected chi connectivity index (χ4v) is 1.76. The molecule has 110 valence electrons. The van der Waals surface area contributed by atoms with Crippen LogP contribution >= 0.6 is 22.6 Å². The van der Waals surface area contributed by atoms with E-state index in [1.54, 1.807) is 0 Å². The summed E-state index contributed by atoms with van der Waals surface area (Å²) in [7, 11) is 0. The van der Waals surface area contributed by atoms with Crippen molar-refractivity contribution < 1.29 is 30.0 Å². The fourth-order valence-electron chi connectivity index (χ4n) is 1.24. The highest BCUT2D eigenvalue weighted by Gasteiger charge is 2.04. The van der Waals surface area contributed by atoms with Gasteiger partial charge < -0.3 is 20.4 Å². The van der Waals surface area contributed by atoms with Gasteiger partial charge in [0, 0.05) is 0 Å². The summed E-state index contributed by atoms with van der Waals surface area (Å²) in [6, 6.07) is 9.51. The first-order valence-electron chi connectivity index (χ1n) is 5.55. The van der Waals surface area contributed by atoms with E-state index >= 15 is 0 Å². The van der Waals surface area contributed by atoms with Gasteiger partial charge >= 0.3 is 11.9 Å². The van der Waals surface area contributed by atoms with Gasteiger partial charge in [-0.2, -0.15) is 0 Å². The van der Waals surface area contributed by atoms with E-state index in [-0.39, 0.29) is 22.6 Å². The number of carboxylic acids is 2. The average Bonchev–Trinajstić information content (AvgIpc) is 2.43. The van der Waals surface area contributed by atoms with E-state index in [0.717, 1.165) is 0 Å². The number of hydrogen-bond donors (Lipinski definition) is 4. The van der Waals surface area contributed by atoms with Gasteiger partial charge in [0.25, 0.3) is 0 Å². The second-order valence-corrected chi connectivity index (χ2v) is 4.99. The van der Waals surface area contributed by atoms with Crippen LogP contribution in [0, 0.1) is 3.57 Å². The van der Waals surface area contributed by atoms with E-state index in [1.807, 2.05) is 22.6 Å². The van der Waals surface area contributed by atoms with E-state index in [1.165, 1.54) is 42.5 Å². The van der Waals surface area contributed by atoms with E-state index in [4.69, 9.17) is 20.4 Å². The molecule has 6 nitrogen and oxygen atoms in total. The van der Waals surface area contributed by atoms with Gasteiger partial charge in [-0.3, -0.25) is 0 Å². The van der Waals surface area contributed by atoms with Crippen LogP contribution in [0.3, 0.4) is 0 Å². The Bertz CT molecular complexity index is 651. The Morgan fingerprint density at radius 2 is 1.29 bits per heavy atom. The Kier molecular flexibility index (Phi) is 5.97. The smallest absolute Gasteiger partial charge is 0.335 e. The van der Waals surface area contributed by atoms with Crippen LogP contribution in [0.1, 0.15) is 20.7 Å².